The summed E-state index contributed by atoms with van der Waals surface area (Å²) < 4.78 is 0. The minimum atomic E-state index is 0.244. The summed E-state index contributed by atoms with van der Waals surface area (Å²) in [5.41, 5.74) is 1.82. The predicted molar refractivity (Wildman–Crippen MR) is 75.0 cm³/mol. The van der Waals surface area contributed by atoms with E-state index in [0.29, 0.717) is 0 Å². The highest BCUT2D eigenvalue weighted by Crippen LogP contribution is 2.21. The molecule has 0 spiro atoms. The Balaban J connectivity index is 1.90. The number of hydrogen-bond acceptors (Lipinski definition) is 5. The smallest absolute Gasteiger partial charge is 0.141 e. The van der Waals surface area contributed by atoms with E-state index in [4.69, 9.17) is 0 Å². The van der Waals surface area contributed by atoms with Crippen molar-refractivity contribution in [2.24, 2.45) is 4.99 Å². The lowest BCUT2D eigenvalue weighted by Gasteiger charge is -2.11. The van der Waals surface area contributed by atoms with Gasteiger partial charge in [0.2, 0.25) is 0 Å². The van der Waals surface area contributed by atoms with Crippen LogP contribution in [0.2, 0.25) is 0 Å². The van der Waals surface area contributed by atoms with E-state index in [9.17, 15) is 5.11 Å². The van der Waals surface area contributed by atoms with Crippen molar-refractivity contribution in [2.45, 2.75) is 0 Å². The Kier molecular flexibility index (Phi) is 3.02. The number of benzene rings is 1. The van der Waals surface area contributed by atoms with Gasteiger partial charge in [-0.05, 0) is 36.4 Å². The number of phenols is 1. The van der Waals surface area contributed by atoms with Crippen LogP contribution in [-0.4, -0.2) is 29.0 Å². The quantitative estimate of drug-likeness (QED) is 0.731. The third-order valence-electron chi connectivity index (χ3n) is 2.87. The first-order chi connectivity index (χ1) is 9.33. The fraction of sp³-hybridized carbons (Fsp3) is 0.143. The molecule has 2 aromatic rings. The molecule has 1 aromatic heterocycles. The van der Waals surface area contributed by atoms with Crippen molar-refractivity contribution in [1.82, 2.24) is 10.3 Å². The lowest BCUT2D eigenvalue weighted by molar-refractivity contribution is 0.475. The molecule has 3 N–H and O–H groups in total. The summed E-state index contributed by atoms with van der Waals surface area (Å²) in [6.45, 7) is 1.66. The zero-order valence-corrected chi connectivity index (χ0v) is 10.3. The maximum Gasteiger partial charge on any atom is 0.141 e. The molecule has 0 aliphatic carbocycles. The summed E-state index contributed by atoms with van der Waals surface area (Å²) in [4.78, 5) is 8.75. The molecular weight excluding hydrogens is 240 g/mol. The molecule has 2 heterocycles. The number of aromatic hydroxyl groups is 1. The van der Waals surface area contributed by atoms with Gasteiger partial charge in [0.1, 0.15) is 17.4 Å². The van der Waals surface area contributed by atoms with Gasteiger partial charge in [0, 0.05) is 18.4 Å². The fourth-order valence-corrected chi connectivity index (χ4v) is 1.96. The van der Waals surface area contributed by atoms with Crippen LogP contribution in [0.3, 0.4) is 0 Å². The molecule has 0 saturated carbocycles. The number of anilines is 2. The lowest BCUT2D eigenvalue weighted by Crippen LogP contribution is -2.20. The number of rotatable bonds is 3. The van der Waals surface area contributed by atoms with Gasteiger partial charge < -0.3 is 15.7 Å². The van der Waals surface area contributed by atoms with E-state index >= 15 is 0 Å². The Morgan fingerprint density at radius 2 is 2.00 bits per heavy atom. The number of hydrogen-bond donors (Lipinski definition) is 3. The van der Waals surface area contributed by atoms with Crippen molar-refractivity contribution in [3.63, 3.8) is 0 Å². The highest BCUT2D eigenvalue weighted by atomic mass is 16.3. The number of nitrogens with one attached hydrogen (secondary N) is 2. The van der Waals surface area contributed by atoms with Crippen molar-refractivity contribution in [3.8, 4) is 5.75 Å². The van der Waals surface area contributed by atoms with Crippen LogP contribution in [0.15, 0.2) is 47.6 Å². The van der Waals surface area contributed by atoms with E-state index in [1.165, 1.54) is 0 Å². The molecule has 19 heavy (non-hydrogen) atoms. The Morgan fingerprint density at radius 1 is 1.16 bits per heavy atom. The summed E-state index contributed by atoms with van der Waals surface area (Å²) in [6, 6.07) is 10.7. The first-order valence-corrected chi connectivity index (χ1v) is 6.13. The summed E-state index contributed by atoms with van der Waals surface area (Å²) in [7, 11) is 0. The highest BCUT2D eigenvalue weighted by molar-refractivity contribution is 6.04. The zero-order valence-electron chi connectivity index (χ0n) is 10.3. The molecule has 3 rings (SSSR count). The minimum absolute atomic E-state index is 0.244. The van der Waals surface area contributed by atoms with E-state index < -0.39 is 0 Å². The molecule has 0 fully saturated rings. The summed E-state index contributed by atoms with van der Waals surface area (Å²) in [6.07, 6.45) is 1.74. The van der Waals surface area contributed by atoms with Crippen LogP contribution in [0.5, 0.6) is 5.75 Å². The van der Waals surface area contributed by atoms with Crippen molar-refractivity contribution in [3.05, 3.63) is 48.2 Å². The van der Waals surface area contributed by atoms with Crippen LogP contribution < -0.4 is 10.6 Å². The van der Waals surface area contributed by atoms with Crippen LogP contribution >= 0.6 is 0 Å². The van der Waals surface area contributed by atoms with Crippen molar-refractivity contribution in [1.29, 1.82) is 0 Å². The van der Waals surface area contributed by atoms with Gasteiger partial charge in [0.15, 0.2) is 0 Å². The molecule has 0 bridgehead atoms. The van der Waals surface area contributed by atoms with Crippen LogP contribution in [0.4, 0.5) is 11.5 Å². The number of amidine groups is 1. The Labute approximate surface area is 111 Å². The fourth-order valence-electron chi connectivity index (χ4n) is 1.96. The average Bonchev–Trinajstić information content (AvgIpc) is 2.96. The van der Waals surface area contributed by atoms with Gasteiger partial charge in [-0.25, -0.2) is 4.98 Å². The van der Waals surface area contributed by atoms with E-state index in [1.54, 1.807) is 30.5 Å². The van der Waals surface area contributed by atoms with E-state index in [2.05, 4.69) is 20.6 Å². The summed E-state index contributed by atoms with van der Waals surface area (Å²) in [5, 5.41) is 15.7. The number of nitrogens with zero attached hydrogens (tertiary/aromatic N) is 2. The van der Waals surface area contributed by atoms with Crippen molar-refractivity contribution < 1.29 is 5.11 Å². The predicted octanol–water partition coefficient (Wildman–Crippen LogP) is 1.88. The van der Waals surface area contributed by atoms with Gasteiger partial charge in [-0.2, -0.15) is 0 Å². The Bertz CT molecular complexity index is 607. The van der Waals surface area contributed by atoms with E-state index in [0.717, 1.165) is 36.0 Å². The molecule has 0 unspecified atom stereocenters. The van der Waals surface area contributed by atoms with Crippen molar-refractivity contribution >= 4 is 17.3 Å². The number of aliphatic imine (C=N–C) groups is 1. The number of pyridine rings is 1. The van der Waals surface area contributed by atoms with Crippen LogP contribution in [0.25, 0.3) is 0 Å². The summed E-state index contributed by atoms with van der Waals surface area (Å²) in [5.74, 6) is 1.87. The molecule has 0 saturated heterocycles. The summed E-state index contributed by atoms with van der Waals surface area (Å²) >= 11 is 0. The van der Waals surface area contributed by atoms with Gasteiger partial charge in [0.05, 0.1) is 12.1 Å². The normalized spacial score (nSPS) is 13.8. The molecule has 1 aliphatic rings. The van der Waals surface area contributed by atoms with Gasteiger partial charge in [-0.15, -0.1) is 0 Å². The molecule has 0 amide bonds. The first kappa shape index (κ1) is 11.5. The Hall–Kier alpha value is -2.56. The second-order valence-electron chi connectivity index (χ2n) is 4.23. The minimum Gasteiger partial charge on any atom is -0.508 e. The van der Waals surface area contributed by atoms with Crippen molar-refractivity contribution in [2.75, 3.05) is 18.4 Å². The SMILES string of the molecule is Oc1ccc(Nc2ncccc2C2=NCCN2)cc1. The van der Waals surface area contributed by atoms with Gasteiger partial charge >= 0.3 is 0 Å². The van der Waals surface area contributed by atoms with E-state index in [-0.39, 0.29) is 5.75 Å². The third-order valence-corrected chi connectivity index (χ3v) is 2.87. The van der Waals surface area contributed by atoms with E-state index in [1.807, 2.05) is 12.1 Å². The first-order valence-electron chi connectivity index (χ1n) is 6.13. The maximum atomic E-state index is 9.28. The monoisotopic (exact) mass is 254 g/mol. The van der Waals surface area contributed by atoms with Gasteiger partial charge in [-0.1, -0.05) is 0 Å². The molecule has 1 aliphatic heterocycles. The third kappa shape index (κ3) is 2.49. The molecule has 96 valence electrons. The largest absolute Gasteiger partial charge is 0.508 e. The Morgan fingerprint density at radius 3 is 2.74 bits per heavy atom. The van der Waals surface area contributed by atoms with Gasteiger partial charge in [0.25, 0.3) is 0 Å². The number of phenolic OH excluding ortho intramolecular Hbond substituents is 1. The molecule has 0 atom stereocenters. The highest BCUT2D eigenvalue weighted by Gasteiger charge is 2.13. The molecular formula is C14H14N4O. The maximum absolute atomic E-state index is 9.28. The van der Waals surface area contributed by atoms with Crippen LogP contribution in [0, 0.1) is 0 Å². The van der Waals surface area contributed by atoms with Gasteiger partial charge in [-0.3, -0.25) is 4.99 Å². The lowest BCUT2D eigenvalue weighted by atomic mass is 10.2. The topological polar surface area (TPSA) is 69.5 Å². The average molecular weight is 254 g/mol. The molecule has 0 radical (unpaired) electrons. The number of aromatic nitrogens is 1. The zero-order chi connectivity index (χ0) is 13.1. The van der Waals surface area contributed by atoms with Crippen LogP contribution in [0.1, 0.15) is 5.56 Å². The second-order valence-corrected chi connectivity index (χ2v) is 4.23. The second kappa shape index (κ2) is 4.97. The molecule has 1 aromatic carbocycles. The molecule has 5 heteroatoms. The van der Waals surface area contributed by atoms with Crippen LogP contribution in [-0.2, 0) is 0 Å². The molecule has 5 nitrogen and oxygen atoms in total. The standard InChI is InChI=1S/C14H14N4O/c19-11-5-3-10(4-6-11)18-14-12(2-1-7-15-14)13-16-8-9-17-13/h1-7,19H,8-9H2,(H,15,18)(H,16,17).